The van der Waals surface area contributed by atoms with E-state index in [2.05, 4.69) is 26.6 Å². The third kappa shape index (κ3) is 24.3. The second-order valence-electron chi connectivity index (χ2n) is 9.01. The summed E-state index contributed by atoms with van der Waals surface area (Å²) in [6, 6.07) is 10.3. The van der Waals surface area contributed by atoms with Crippen LogP contribution < -0.4 is 10.6 Å². The fourth-order valence-electron chi connectivity index (χ4n) is 2.47. The molecule has 0 aromatic heterocycles. The van der Waals surface area contributed by atoms with Crippen LogP contribution in [0.2, 0.25) is 0 Å². The summed E-state index contributed by atoms with van der Waals surface area (Å²) in [4.78, 5) is 23.4. The normalized spacial score (nSPS) is 10.3. The van der Waals surface area contributed by atoms with Gasteiger partial charge in [0, 0.05) is 53.9 Å². The van der Waals surface area contributed by atoms with Gasteiger partial charge in [-0.05, 0) is 90.1 Å². The number of nitrogens with one attached hydrogen (secondary N) is 2. The number of anilines is 2. The van der Waals surface area contributed by atoms with Gasteiger partial charge in [-0.2, -0.15) is 31.6 Å². The third-order valence-corrected chi connectivity index (χ3v) is 4.89. The predicted octanol–water partition coefficient (Wildman–Crippen LogP) is 8.32. The Morgan fingerprint density at radius 1 is 0.826 bits per heavy atom. The topological polar surface area (TPSA) is 129 Å². The van der Waals surface area contributed by atoms with Crippen LogP contribution in [0.1, 0.15) is 67.0 Å². The molecule has 0 unspecified atom stereocenters. The fraction of sp³-hybridized carbons (Fsp3) is 0.483. The molecular weight excluding hydrogens is 880 g/mol. The molecule has 0 aliphatic rings. The number of halogens is 7. The minimum absolute atomic E-state index is 0. The first-order valence-corrected chi connectivity index (χ1v) is 13.8. The molecule has 0 saturated heterocycles. The van der Waals surface area contributed by atoms with Gasteiger partial charge in [-0.3, -0.25) is 9.59 Å². The number of aliphatic hydroxyl groups is 1. The van der Waals surface area contributed by atoms with E-state index in [1.807, 2.05) is 0 Å². The summed E-state index contributed by atoms with van der Waals surface area (Å²) < 4.78 is 86.5. The van der Waals surface area contributed by atoms with Gasteiger partial charge in [0.2, 0.25) is 5.91 Å². The van der Waals surface area contributed by atoms with Crippen molar-refractivity contribution < 1.29 is 92.4 Å². The van der Waals surface area contributed by atoms with Crippen LogP contribution in [0.25, 0.3) is 0 Å². The molecule has 0 saturated carbocycles. The van der Waals surface area contributed by atoms with Crippen molar-refractivity contribution >= 4 is 39.1 Å². The van der Waals surface area contributed by atoms with Gasteiger partial charge < -0.3 is 20.5 Å². The van der Waals surface area contributed by atoms with Gasteiger partial charge in [-0.1, -0.05) is 23.4 Å². The Hall–Kier alpha value is -1.87. The van der Waals surface area contributed by atoms with Crippen molar-refractivity contribution in [3.05, 3.63) is 59.7 Å². The summed E-state index contributed by atoms with van der Waals surface area (Å²) >= 11 is 4.86. The molecule has 2 amide bonds. The first kappa shape index (κ1) is 53.6. The molecule has 0 aliphatic carbocycles. The molecule has 2 rings (SSSR count). The molecule has 0 atom stereocenters. The van der Waals surface area contributed by atoms with Crippen LogP contribution in [0, 0.1) is 11.3 Å². The maximum absolute atomic E-state index is 12.4. The van der Waals surface area contributed by atoms with Gasteiger partial charge in [0.25, 0.3) is 5.91 Å². The number of carbonyl (C=O) groups is 2. The summed E-state index contributed by atoms with van der Waals surface area (Å²) in [7, 11) is 0. The zero-order valence-corrected chi connectivity index (χ0v) is 29.9. The molecule has 272 valence electrons. The maximum atomic E-state index is 12.4. The van der Waals surface area contributed by atoms with Gasteiger partial charge in [0.05, 0.1) is 21.5 Å². The summed E-state index contributed by atoms with van der Waals surface area (Å²) in [6.07, 6.45) is -8.75. The standard InChI is InChI=1S/C13H16F3NO2.C11H11BrF3NO.C2H3N.C2H6O.CH4.2Ag.O/c1-4-19-12(2,3)11(18)17-10-7-5-9(6-8-10)13(14,15)16;1-10(2,12)9(17)16-8-5-3-7(4-6-8)11(13,14)15;2*1-2-3;;;;/h5-8H,4H2,1-3H3,(H,17,18);3-6H,1-2H3,(H,16,17);1H3;3H,2H2,1H3;1H4;;;. The van der Waals surface area contributed by atoms with Crippen LogP contribution in [-0.4, -0.2) is 40.1 Å². The molecule has 0 fully saturated rings. The van der Waals surface area contributed by atoms with Crippen LogP contribution in [0.5, 0.6) is 0 Å². The van der Waals surface area contributed by atoms with Crippen molar-refractivity contribution in [1.29, 1.82) is 5.26 Å². The van der Waals surface area contributed by atoms with E-state index < -0.39 is 39.3 Å². The number of hydrogen-bond donors (Lipinski definition) is 3. The van der Waals surface area contributed by atoms with Crippen LogP contribution in [0.4, 0.5) is 37.7 Å². The number of amides is 2. The van der Waals surface area contributed by atoms with Crippen molar-refractivity contribution in [2.45, 2.75) is 78.2 Å². The minimum atomic E-state index is -4.38. The van der Waals surface area contributed by atoms with Crippen LogP contribution in [0.3, 0.4) is 0 Å². The van der Waals surface area contributed by atoms with Crippen molar-refractivity contribution in [1.82, 2.24) is 0 Å². The summed E-state index contributed by atoms with van der Waals surface area (Å²) in [6.45, 7) is 12.0. The number of nitriles is 1. The number of ether oxygens (including phenoxy) is 1. The van der Waals surface area contributed by atoms with Gasteiger partial charge >= 0.3 is 36.6 Å². The molecule has 0 aliphatic heterocycles. The number of aliphatic hydroxyl groups excluding tert-OH is 1. The average Bonchev–Trinajstić information content (AvgIpc) is 2.90. The van der Waals surface area contributed by atoms with Crippen molar-refractivity contribution in [3.8, 4) is 6.07 Å². The van der Waals surface area contributed by atoms with E-state index in [-0.39, 0.29) is 42.3 Å². The van der Waals surface area contributed by atoms with Crippen LogP contribution >= 0.6 is 15.9 Å². The monoisotopic (exact) mass is 917 g/mol. The molecule has 0 heterocycles. The van der Waals surface area contributed by atoms with Crippen LogP contribution in [-0.2, 0) is 73.4 Å². The number of hydrogen-bond acceptors (Lipinski definition) is 6. The second kappa shape index (κ2) is 26.1. The third-order valence-electron chi connectivity index (χ3n) is 4.53. The molecule has 3 N–H and O–H groups in total. The molecule has 2 aromatic rings. The van der Waals surface area contributed by atoms with Crippen molar-refractivity contribution in [2.24, 2.45) is 0 Å². The number of benzene rings is 2. The molecule has 8 nitrogen and oxygen atoms in total. The fourth-order valence-corrected chi connectivity index (χ4v) is 2.57. The molecule has 0 spiro atoms. The van der Waals surface area contributed by atoms with Crippen molar-refractivity contribution in [2.75, 3.05) is 23.8 Å². The quantitative estimate of drug-likeness (QED) is 0.152. The Labute approximate surface area is 302 Å². The average molecular weight is 920 g/mol. The first-order valence-electron chi connectivity index (χ1n) is 12.4. The predicted molar refractivity (Wildman–Crippen MR) is 160 cm³/mol. The number of rotatable bonds is 6. The van der Waals surface area contributed by atoms with Gasteiger partial charge in [0.15, 0.2) is 0 Å². The van der Waals surface area contributed by atoms with E-state index in [1.54, 1.807) is 68.7 Å². The zero-order valence-electron chi connectivity index (χ0n) is 25.3. The zero-order chi connectivity index (χ0) is 35.4. The molecule has 1 radical (unpaired) electrons. The van der Waals surface area contributed by atoms with Crippen molar-refractivity contribution in [3.63, 3.8) is 0 Å². The van der Waals surface area contributed by atoms with Gasteiger partial charge in [0.1, 0.15) is 5.60 Å². The molecule has 46 heavy (non-hydrogen) atoms. The van der Waals surface area contributed by atoms with E-state index in [1.165, 1.54) is 31.2 Å². The number of carbonyl (C=O) groups excluding carboxylic acids is 2. The summed E-state index contributed by atoms with van der Waals surface area (Å²) in [5, 5.41) is 19.9. The summed E-state index contributed by atoms with van der Waals surface area (Å²) in [5.74, 6) is -0.730. The Kier molecular flexibility index (Phi) is 30.5. The molecule has 0 bridgehead atoms. The Morgan fingerprint density at radius 2 is 1.09 bits per heavy atom. The van der Waals surface area contributed by atoms with E-state index in [0.717, 1.165) is 24.3 Å². The van der Waals surface area contributed by atoms with Gasteiger partial charge in [-0.25, -0.2) is 0 Å². The first-order chi connectivity index (χ1) is 20.1. The number of nitrogens with zero attached hydrogens (tertiary/aromatic N) is 1. The van der Waals surface area contributed by atoms with Crippen LogP contribution in [0.15, 0.2) is 48.5 Å². The van der Waals surface area contributed by atoms with E-state index in [0.29, 0.717) is 18.0 Å². The molecule has 2 aromatic carbocycles. The van der Waals surface area contributed by atoms with E-state index in [4.69, 9.17) is 18.4 Å². The SMILES string of the molecule is C.CC#N.CC(C)(Br)C(=O)Nc1ccc(C(F)(F)F)cc1.CCO.CCOC(C)(C)C(=O)Nc1ccc(C(F)(F)F)cc1.[Ag].[O]=[Ag]. The Balaban J connectivity index is -0.000000192. The Morgan fingerprint density at radius 3 is 1.30 bits per heavy atom. The Bertz CT molecular complexity index is 1150. The van der Waals surface area contributed by atoms with Gasteiger partial charge in [-0.15, -0.1) is 0 Å². The summed E-state index contributed by atoms with van der Waals surface area (Å²) in [5.41, 5.74) is -1.90. The number of alkyl halides is 7. The van der Waals surface area contributed by atoms with E-state index in [9.17, 15) is 35.9 Å². The molecule has 17 heteroatoms. The second-order valence-corrected chi connectivity index (χ2v) is 11.0. The molecular formula is C29H40Ag2BrF6N3O5. The van der Waals surface area contributed by atoms with E-state index >= 15 is 0 Å².